The van der Waals surface area contributed by atoms with E-state index in [0.717, 1.165) is 0 Å². The van der Waals surface area contributed by atoms with Crippen LogP contribution in [0.3, 0.4) is 0 Å². The highest BCUT2D eigenvalue weighted by Gasteiger charge is 1.93. The van der Waals surface area contributed by atoms with Crippen molar-refractivity contribution in [3.63, 3.8) is 0 Å². The normalized spacial score (nSPS) is 8.62. The lowest BCUT2D eigenvalue weighted by atomic mass is 10.2. The van der Waals surface area contributed by atoms with Crippen LogP contribution in [0.15, 0.2) is 24.3 Å². The summed E-state index contributed by atoms with van der Waals surface area (Å²) in [7, 11) is -2.17. The van der Waals surface area contributed by atoms with Crippen molar-refractivity contribution in [1.82, 2.24) is 0 Å². The second kappa shape index (κ2) is 6.44. The standard InChI is InChI=1S/C7H8O2.BH3O3/c8-5-6-3-1-2-4-7(6)9;2-1(3)4/h1-4,8-9H,5H2;2-4H. The quantitative estimate of drug-likeness (QED) is 0.356. The van der Waals surface area contributed by atoms with Gasteiger partial charge in [-0.2, -0.15) is 0 Å². The molecule has 0 saturated carbocycles. The summed E-state index contributed by atoms with van der Waals surface area (Å²) in [5.41, 5.74) is 0.567. The van der Waals surface area contributed by atoms with Crippen molar-refractivity contribution in [3.8, 4) is 5.75 Å². The van der Waals surface area contributed by atoms with Gasteiger partial charge in [0.25, 0.3) is 0 Å². The topological polar surface area (TPSA) is 101 Å². The minimum Gasteiger partial charge on any atom is -0.508 e. The van der Waals surface area contributed by atoms with Gasteiger partial charge in [0.2, 0.25) is 0 Å². The molecule has 1 aromatic carbocycles. The zero-order valence-electron chi connectivity index (χ0n) is 6.83. The van der Waals surface area contributed by atoms with Crippen molar-refractivity contribution in [3.05, 3.63) is 29.8 Å². The van der Waals surface area contributed by atoms with Crippen molar-refractivity contribution in [2.75, 3.05) is 0 Å². The lowest BCUT2D eigenvalue weighted by molar-refractivity contribution is 0.275. The second-order valence-corrected chi connectivity index (χ2v) is 2.13. The monoisotopic (exact) mass is 186 g/mol. The van der Waals surface area contributed by atoms with E-state index in [2.05, 4.69) is 0 Å². The first-order chi connectivity index (χ1) is 6.07. The fourth-order valence-electron chi connectivity index (χ4n) is 0.645. The summed E-state index contributed by atoms with van der Waals surface area (Å²) in [4.78, 5) is 0. The molecule has 0 heterocycles. The van der Waals surface area contributed by atoms with Crippen LogP contribution in [0.2, 0.25) is 0 Å². The third kappa shape index (κ3) is 6.12. The number of aromatic hydroxyl groups is 1. The maximum Gasteiger partial charge on any atom is 0.631 e. The highest BCUT2D eigenvalue weighted by molar-refractivity contribution is 6.30. The highest BCUT2D eigenvalue weighted by Crippen LogP contribution is 2.14. The first-order valence-electron chi connectivity index (χ1n) is 3.50. The SMILES string of the molecule is OB(O)O.OCc1ccccc1O. The molecular weight excluding hydrogens is 175 g/mol. The predicted octanol–water partition coefficient (Wildman–Crippen LogP) is -1.17. The van der Waals surface area contributed by atoms with Crippen LogP contribution in [-0.4, -0.2) is 32.6 Å². The summed E-state index contributed by atoms with van der Waals surface area (Å²) in [5.74, 6) is 0.153. The molecule has 13 heavy (non-hydrogen) atoms. The molecule has 0 atom stereocenters. The van der Waals surface area contributed by atoms with E-state index in [-0.39, 0.29) is 12.4 Å². The molecule has 5 N–H and O–H groups in total. The lowest BCUT2D eigenvalue weighted by Gasteiger charge is -1.96. The summed E-state index contributed by atoms with van der Waals surface area (Å²) in [6.07, 6.45) is 0. The Hall–Kier alpha value is -1.08. The Balaban J connectivity index is 0.000000310. The van der Waals surface area contributed by atoms with Gasteiger partial charge in [0.05, 0.1) is 6.61 Å². The van der Waals surface area contributed by atoms with E-state index in [0.29, 0.717) is 5.56 Å². The van der Waals surface area contributed by atoms with E-state index in [1.807, 2.05) is 0 Å². The molecule has 0 saturated heterocycles. The van der Waals surface area contributed by atoms with Crippen LogP contribution < -0.4 is 0 Å². The van der Waals surface area contributed by atoms with Gasteiger partial charge in [-0.25, -0.2) is 0 Å². The van der Waals surface area contributed by atoms with Gasteiger partial charge in [-0.15, -0.1) is 0 Å². The molecule has 0 fully saturated rings. The van der Waals surface area contributed by atoms with Gasteiger partial charge in [-0.1, -0.05) is 18.2 Å². The zero-order valence-corrected chi connectivity index (χ0v) is 6.83. The number of hydrogen-bond acceptors (Lipinski definition) is 5. The van der Waals surface area contributed by atoms with E-state index < -0.39 is 7.32 Å². The molecule has 72 valence electrons. The molecule has 0 unspecified atom stereocenters. The molecule has 0 radical (unpaired) electrons. The number of para-hydroxylation sites is 1. The zero-order chi connectivity index (χ0) is 10.3. The number of benzene rings is 1. The Kier molecular flexibility index (Phi) is 5.91. The third-order valence-electron chi connectivity index (χ3n) is 1.16. The van der Waals surface area contributed by atoms with Crippen LogP contribution in [0.4, 0.5) is 0 Å². The number of hydrogen-bond donors (Lipinski definition) is 5. The van der Waals surface area contributed by atoms with Crippen molar-refractivity contribution < 1.29 is 25.3 Å². The average molecular weight is 186 g/mol. The van der Waals surface area contributed by atoms with Gasteiger partial charge >= 0.3 is 7.32 Å². The van der Waals surface area contributed by atoms with Crippen LogP contribution in [0.1, 0.15) is 5.56 Å². The van der Waals surface area contributed by atoms with Gasteiger partial charge in [0, 0.05) is 5.56 Å². The Morgan fingerprint density at radius 1 is 1.08 bits per heavy atom. The summed E-state index contributed by atoms with van der Waals surface area (Å²) in [6, 6.07) is 6.71. The fraction of sp³-hybridized carbons (Fsp3) is 0.143. The maximum atomic E-state index is 8.95. The van der Waals surface area contributed by atoms with Crippen molar-refractivity contribution >= 4 is 7.32 Å². The van der Waals surface area contributed by atoms with Crippen molar-refractivity contribution in [2.24, 2.45) is 0 Å². The van der Waals surface area contributed by atoms with E-state index in [4.69, 9.17) is 25.3 Å². The van der Waals surface area contributed by atoms with Gasteiger partial charge < -0.3 is 25.3 Å². The van der Waals surface area contributed by atoms with E-state index in [1.165, 1.54) is 0 Å². The molecule has 1 aromatic rings. The van der Waals surface area contributed by atoms with Gasteiger partial charge in [0.15, 0.2) is 0 Å². The van der Waals surface area contributed by atoms with E-state index in [1.54, 1.807) is 24.3 Å². The largest absolute Gasteiger partial charge is 0.631 e. The molecule has 0 aliphatic carbocycles. The van der Waals surface area contributed by atoms with Gasteiger partial charge in [0.1, 0.15) is 5.75 Å². The number of aliphatic hydroxyl groups excluding tert-OH is 1. The smallest absolute Gasteiger partial charge is 0.508 e. The maximum absolute atomic E-state index is 8.95. The summed E-state index contributed by atoms with van der Waals surface area (Å²) >= 11 is 0. The molecule has 0 aliphatic rings. The summed E-state index contributed by atoms with van der Waals surface area (Å²) in [5, 5.41) is 39.0. The highest BCUT2D eigenvalue weighted by atomic mass is 16.5. The van der Waals surface area contributed by atoms with Crippen LogP contribution in [0, 0.1) is 0 Å². The van der Waals surface area contributed by atoms with Crippen LogP contribution in [0.5, 0.6) is 5.75 Å². The fourth-order valence-corrected chi connectivity index (χ4v) is 0.645. The molecule has 0 amide bonds. The lowest BCUT2D eigenvalue weighted by Crippen LogP contribution is -2.07. The summed E-state index contributed by atoms with van der Waals surface area (Å²) in [6.45, 7) is -0.104. The van der Waals surface area contributed by atoms with Gasteiger partial charge in [-0.05, 0) is 6.07 Å². The van der Waals surface area contributed by atoms with E-state index in [9.17, 15) is 0 Å². The van der Waals surface area contributed by atoms with Crippen LogP contribution in [-0.2, 0) is 6.61 Å². The molecule has 5 nitrogen and oxygen atoms in total. The van der Waals surface area contributed by atoms with Crippen LogP contribution >= 0.6 is 0 Å². The molecule has 0 aromatic heterocycles. The van der Waals surface area contributed by atoms with E-state index >= 15 is 0 Å². The number of phenols is 1. The molecule has 1 rings (SSSR count). The molecular formula is C7H11BO5. The predicted molar refractivity (Wildman–Crippen MR) is 46.4 cm³/mol. The minimum atomic E-state index is -2.17. The number of aliphatic hydroxyl groups is 1. The average Bonchev–Trinajstić information content (AvgIpc) is 2.04. The van der Waals surface area contributed by atoms with Crippen molar-refractivity contribution in [1.29, 1.82) is 0 Å². The molecule has 0 spiro atoms. The first kappa shape index (κ1) is 11.9. The molecule has 6 heteroatoms. The Labute approximate surface area is 75.7 Å². The molecule has 0 aliphatic heterocycles. The second-order valence-electron chi connectivity index (χ2n) is 2.13. The number of rotatable bonds is 1. The minimum absolute atomic E-state index is 0.104. The summed E-state index contributed by atoms with van der Waals surface area (Å²) < 4.78 is 0. The third-order valence-corrected chi connectivity index (χ3v) is 1.16. The Morgan fingerprint density at radius 2 is 1.54 bits per heavy atom. The van der Waals surface area contributed by atoms with Gasteiger partial charge in [-0.3, -0.25) is 0 Å². The first-order valence-corrected chi connectivity index (χ1v) is 3.50. The van der Waals surface area contributed by atoms with Crippen molar-refractivity contribution in [2.45, 2.75) is 6.61 Å². The van der Waals surface area contributed by atoms with Crippen LogP contribution in [0.25, 0.3) is 0 Å². The Bertz CT molecular complexity index is 237. The Morgan fingerprint density at radius 3 is 1.85 bits per heavy atom. The molecule has 0 bridgehead atoms.